The Morgan fingerprint density at radius 2 is 2.50 bits per heavy atom. The molecule has 5 heteroatoms. The number of nitrogens with one attached hydrogen (secondary N) is 1. The highest BCUT2D eigenvalue weighted by Gasteiger charge is 2.00. The van der Waals surface area contributed by atoms with Gasteiger partial charge in [-0.05, 0) is 6.42 Å². The van der Waals surface area contributed by atoms with Crippen molar-refractivity contribution in [1.82, 2.24) is 9.97 Å². The van der Waals surface area contributed by atoms with Gasteiger partial charge >= 0.3 is 0 Å². The lowest BCUT2D eigenvalue weighted by Gasteiger charge is -2.00. The highest BCUT2D eigenvalue weighted by Crippen LogP contribution is 1.96. The lowest BCUT2D eigenvalue weighted by atomic mass is 10.5. The third kappa shape index (κ3) is 2.05. The van der Waals surface area contributed by atoms with Crippen LogP contribution in [0.2, 0.25) is 0 Å². The number of H-pyrrole nitrogens is 1. The van der Waals surface area contributed by atoms with Gasteiger partial charge in [-0.1, -0.05) is 6.92 Å². The number of hydrogen-bond acceptors (Lipinski definition) is 3. The van der Waals surface area contributed by atoms with Crippen LogP contribution in [-0.2, 0) is 0 Å². The third-order valence-corrected chi connectivity index (χ3v) is 1.18. The van der Waals surface area contributed by atoms with Crippen LogP contribution < -0.4 is 10.3 Å². The van der Waals surface area contributed by atoms with Crippen LogP contribution in [0.5, 0.6) is 6.01 Å². The minimum Gasteiger partial charge on any atom is -0.465 e. The molecule has 0 aliphatic rings. The first-order valence-corrected chi connectivity index (χ1v) is 3.61. The zero-order chi connectivity index (χ0) is 8.97. The average Bonchev–Trinajstić information content (AvgIpc) is 2.07. The fraction of sp³-hybridized carbons (Fsp3) is 0.429. The molecule has 0 spiro atoms. The van der Waals surface area contributed by atoms with E-state index in [4.69, 9.17) is 4.74 Å². The van der Waals surface area contributed by atoms with Gasteiger partial charge in [-0.2, -0.15) is 4.39 Å². The zero-order valence-corrected chi connectivity index (χ0v) is 6.63. The molecule has 0 aliphatic carbocycles. The van der Waals surface area contributed by atoms with E-state index in [1.54, 1.807) is 0 Å². The van der Waals surface area contributed by atoms with Gasteiger partial charge in [0, 0.05) is 0 Å². The standard InChI is InChI=1S/C7H9FN2O2/c1-2-3-12-7-9-4-5(8)6(11)10-7/h4H,2-3H2,1H3,(H,9,10,11). The van der Waals surface area contributed by atoms with Crippen molar-refractivity contribution in [3.63, 3.8) is 0 Å². The van der Waals surface area contributed by atoms with Crippen LogP contribution in [0.3, 0.4) is 0 Å². The van der Waals surface area contributed by atoms with Gasteiger partial charge in [0.05, 0.1) is 12.8 Å². The quantitative estimate of drug-likeness (QED) is 0.730. The molecule has 0 saturated carbocycles. The summed E-state index contributed by atoms with van der Waals surface area (Å²) in [7, 11) is 0. The van der Waals surface area contributed by atoms with Gasteiger partial charge in [0.15, 0.2) is 0 Å². The van der Waals surface area contributed by atoms with Gasteiger partial charge in [0.25, 0.3) is 11.6 Å². The number of rotatable bonds is 3. The number of nitrogens with zero attached hydrogens (tertiary/aromatic N) is 1. The van der Waals surface area contributed by atoms with Crippen molar-refractivity contribution in [2.24, 2.45) is 0 Å². The summed E-state index contributed by atoms with van der Waals surface area (Å²) in [5, 5.41) is 0. The smallest absolute Gasteiger partial charge is 0.296 e. The van der Waals surface area contributed by atoms with Crippen molar-refractivity contribution in [2.75, 3.05) is 6.61 Å². The molecule has 1 heterocycles. The van der Waals surface area contributed by atoms with Crippen LogP contribution >= 0.6 is 0 Å². The van der Waals surface area contributed by atoms with Crippen molar-refractivity contribution in [3.05, 3.63) is 22.4 Å². The van der Waals surface area contributed by atoms with Gasteiger partial charge in [-0.15, -0.1) is 0 Å². The summed E-state index contributed by atoms with van der Waals surface area (Å²) in [6.45, 7) is 2.37. The maximum Gasteiger partial charge on any atom is 0.296 e. The Morgan fingerprint density at radius 3 is 3.08 bits per heavy atom. The van der Waals surface area contributed by atoms with Gasteiger partial charge in [0.2, 0.25) is 5.82 Å². The van der Waals surface area contributed by atoms with E-state index in [1.165, 1.54) is 0 Å². The maximum absolute atomic E-state index is 12.4. The summed E-state index contributed by atoms with van der Waals surface area (Å²) in [6.07, 6.45) is 1.64. The van der Waals surface area contributed by atoms with E-state index in [-0.39, 0.29) is 6.01 Å². The molecule has 4 nitrogen and oxygen atoms in total. The van der Waals surface area contributed by atoms with Crippen LogP contribution in [0.25, 0.3) is 0 Å². The molecule has 0 amide bonds. The van der Waals surface area contributed by atoms with E-state index in [2.05, 4.69) is 9.97 Å². The second-order valence-corrected chi connectivity index (χ2v) is 2.21. The van der Waals surface area contributed by atoms with E-state index in [0.29, 0.717) is 6.61 Å². The predicted octanol–water partition coefficient (Wildman–Crippen LogP) is 0.698. The summed E-state index contributed by atoms with van der Waals surface area (Å²) in [6, 6.07) is 0.0586. The Morgan fingerprint density at radius 1 is 1.75 bits per heavy atom. The first-order valence-electron chi connectivity index (χ1n) is 3.61. The molecule has 0 fully saturated rings. The lowest BCUT2D eigenvalue weighted by molar-refractivity contribution is 0.289. The van der Waals surface area contributed by atoms with Crippen LogP contribution in [-0.4, -0.2) is 16.6 Å². The van der Waals surface area contributed by atoms with Crippen molar-refractivity contribution in [2.45, 2.75) is 13.3 Å². The highest BCUT2D eigenvalue weighted by atomic mass is 19.1. The zero-order valence-electron chi connectivity index (χ0n) is 6.63. The Labute approximate surface area is 68.4 Å². The Kier molecular flexibility index (Phi) is 2.79. The molecular weight excluding hydrogens is 163 g/mol. The first-order chi connectivity index (χ1) is 5.74. The number of halogens is 1. The molecule has 0 saturated heterocycles. The normalized spacial score (nSPS) is 9.83. The van der Waals surface area contributed by atoms with Gasteiger partial charge < -0.3 is 4.74 Å². The maximum atomic E-state index is 12.4. The first kappa shape index (κ1) is 8.70. The minimum absolute atomic E-state index is 0.0586. The van der Waals surface area contributed by atoms with E-state index < -0.39 is 11.4 Å². The molecule has 1 N–H and O–H groups in total. The Balaban J connectivity index is 2.76. The SMILES string of the molecule is CCCOc1ncc(F)c(=O)[nH]1. The number of aromatic amines is 1. The number of ether oxygens (including phenoxy) is 1. The van der Waals surface area contributed by atoms with Gasteiger partial charge in [0.1, 0.15) is 0 Å². The van der Waals surface area contributed by atoms with Gasteiger partial charge in [-0.3, -0.25) is 9.78 Å². The van der Waals surface area contributed by atoms with Crippen molar-refractivity contribution >= 4 is 0 Å². The lowest BCUT2D eigenvalue weighted by Crippen LogP contribution is -2.13. The average molecular weight is 172 g/mol. The third-order valence-electron chi connectivity index (χ3n) is 1.18. The largest absolute Gasteiger partial charge is 0.465 e. The Bertz CT molecular complexity index is 311. The summed E-state index contributed by atoms with van der Waals surface area (Å²) in [4.78, 5) is 16.3. The van der Waals surface area contributed by atoms with Crippen LogP contribution in [0.1, 0.15) is 13.3 Å². The van der Waals surface area contributed by atoms with E-state index in [0.717, 1.165) is 12.6 Å². The van der Waals surface area contributed by atoms with Crippen LogP contribution in [0.15, 0.2) is 11.0 Å². The second-order valence-electron chi connectivity index (χ2n) is 2.21. The van der Waals surface area contributed by atoms with E-state index in [9.17, 15) is 9.18 Å². The molecule has 0 aromatic carbocycles. The minimum atomic E-state index is -0.904. The van der Waals surface area contributed by atoms with Crippen molar-refractivity contribution < 1.29 is 9.13 Å². The fourth-order valence-electron chi connectivity index (χ4n) is 0.635. The number of hydrogen-bond donors (Lipinski definition) is 1. The van der Waals surface area contributed by atoms with Crippen LogP contribution in [0.4, 0.5) is 4.39 Å². The summed E-state index contributed by atoms with van der Waals surface area (Å²) in [5.74, 6) is -0.904. The molecular formula is C7H9FN2O2. The van der Waals surface area contributed by atoms with Crippen LogP contribution in [0, 0.1) is 5.82 Å². The molecule has 1 aromatic heterocycles. The molecule has 0 aliphatic heterocycles. The molecule has 0 bridgehead atoms. The topological polar surface area (TPSA) is 55.0 Å². The van der Waals surface area contributed by atoms with Gasteiger partial charge in [-0.25, -0.2) is 4.98 Å². The molecule has 1 rings (SSSR count). The fourth-order valence-corrected chi connectivity index (χ4v) is 0.635. The Hall–Kier alpha value is -1.39. The predicted molar refractivity (Wildman–Crippen MR) is 40.6 cm³/mol. The van der Waals surface area contributed by atoms with E-state index >= 15 is 0 Å². The summed E-state index contributed by atoms with van der Waals surface area (Å²) in [5.41, 5.74) is -0.809. The van der Waals surface area contributed by atoms with E-state index in [1.807, 2.05) is 6.92 Å². The summed E-state index contributed by atoms with van der Waals surface area (Å²) < 4.78 is 17.3. The van der Waals surface area contributed by atoms with Crippen molar-refractivity contribution in [1.29, 1.82) is 0 Å². The summed E-state index contributed by atoms with van der Waals surface area (Å²) >= 11 is 0. The highest BCUT2D eigenvalue weighted by molar-refractivity contribution is 4.96. The molecule has 0 radical (unpaired) electrons. The monoisotopic (exact) mass is 172 g/mol. The molecule has 66 valence electrons. The molecule has 12 heavy (non-hydrogen) atoms. The molecule has 1 aromatic rings. The number of aromatic nitrogens is 2. The molecule has 0 unspecified atom stereocenters. The molecule has 0 atom stereocenters. The van der Waals surface area contributed by atoms with Crippen molar-refractivity contribution in [3.8, 4) is 6.01 Å². The second kappa shape index (κ2) is 3.85.